The Morgan fingerprint density at radius 3 is 2.18 bits per heavy atom. The third-order valence-corrected chi connectivity index (χ3v) is 4.44. The number of aliphatic hydroxyl groups is 1. The summed E-state index contributed by atoms with van der Waals surface area (Å²) in [5, 5.41) is 9.14. The number of aryl methyl sites for hydroxylation is 2. The average molecular weight is 255 g/mol. The number of sulfonamides is 1. The Hall–Kier alpha value is -0.910. The SMILES string of the molecule is Cc1cc(C)cc(S(=O)(=O)NC2CC(O)C2)c1. The fourth-order valence-electron chi connectivity index (χ4n) is 2.06. The molecule has 1 aromatic carbocycles. The molecule has 0 saturated heterocycles. The molecule has 1 aromatic rings. The van der Waals surface area contributed by atoms with Crippen LogP contribution in [-0.4, -0.2) is 25.7 Å². The van der Waals surface area contributed by atoms with Crippen LogP contribution < -0.4 is 4.72 Å². The molecule has 1 saturated carbocycles. The largest absolute Gasteiger partial charge is 0.393 e. The molecule has 0 aromatic heterocycles. The van der Waals surface area contributed by atoms with Gasteiger partial charge >= 0.3 is 0 Å². The highest BCUT2D eigenvalue weighted by Gasteiger charge is 2.31. The van der Waals surface area contributed by atoms with E-state index in [1.165, 1.54) is 0 Å². The van der Waals surface area contributed by atoms with Gasteiger partial charge in [-0.1, -0.05) is 6.07 Å². The molecule has 2 rings (SSSR count). The van der Waals surface area contributed by atoms with Gasteiger partial charge in [-0.3, -0.25) is 0 Å². The smallest absolute Gasteiger partial charge is 0.240 e. The fraction of sp³-hybridized carbons (Fsp3) is 0.500. The third-order valence-electron chi connectivity index (χ3n) is 2.94. The summed E-state index contributed by atoms with van der Waals surface area (Å²) in [4.78, 5) is 0.302. The minimum atomic E-state index is -3.45. The molecule has 5 heteroatoms. The minimum Gasteiger partial charge on any atom is -0.393 e. The third kappa shape index (κ3) is 2.86. The normalized spacial score (nSPS) is 24.4. The van der Waals surface area contributed by atoms with Gasteiger partial charge in [-0.25, -0.2) is 13.1 Å². The summed E-state index contributed by atoms with van der Waals surface area (Å²) < 4.78 is 26.7. The van der Waals surface area contributed by atoms with Crippen molar-refractivity contribution >= 4 is 10.0 Å². The van der Waals surface area contributed by atoms with Crippen LogP contribution >= 0.6 is 0 Å². The van der Waals surface area contributed by atoms with Crippen molar-refractivity contribution in [2.75, 3.05) is 0 Å². The van der Waals surface area contributed by atoms with E-state index in [1.807, 2.05) is 19.9 Å². The molecule has 1 fully saturated rings. The number of benzene rings is 1. The topological polar surface area (TPSA) is 66.4 Å². The van der Waals surface area contributed by atoms with Gasteiger partial charge in [0.2, 0.25) is 10.0 Å². The van der Waals surface area contributed by atoms with Crippen LogP contribution in [0.3, 0.4) is 0 Å². The Labute approximate surface area is 102 Å². The van der Waals surface area contributed by atoms with E-state index in [2.05, 4.69) is 4.72 Å². The number of hydrogen-bond acceptors (Lipinski definition) is 3. The van der Waals surface area contributed by atoms with Crippen LogP contribution in [0.15, 0.2) is 23.1 Å². The highest BCUT2D eigenvalue weighted by Crippen LogP contribution is 2.22. The Morgan fingerprint density at radius 1 is 1.18 bits per heavy atom. The molecule has 0 bridgehead atoms. The summed E-state index contributed by atoms with van der Waals surface area (Å²) in [6, 6.07) is 5.12. The van der Waals surface area contributed by atoms with Gasteiger partial charge in [-0.15, -0.1) is 0 Å². The van der Waals surface area contributed by atoms with Crippen molar-refractivity contribution < 1.29 is 13.5 Å². The molecule has 1 aliphatic carbocycles. The lowest BCUT2D eigenvalue weighted by Crippen LogP contribution is -2.46. The summed E-state index contributed by atoms with van der Waals surface area (Å²) in [5.74, 6) is 0. The van der Waals surface area contributed by atoms with Crippen LogP contribution in [0.5, 0.6) is 0 Å². The predicted octanol–water partition coefficient (Wildman–Crippen LogP) is 1.11. The molecule has 0 radical (unpaired) electrons. The molecule has 94 valence electrons. The average Bonchev–Trinajstić information content (AvgIpc) is 2.13. The first-order valence-electron chi connectivity index (χ1n) is 5.65. The van der Waals surface area contributed by atoms with Crippen LogP contribution in [0.1, 0.15) is 24.0 Å². The van der Waals surface area contributed by atoms with Gasteiger partial charge in [0.25, 0.3) is 0 Å². The van der Waals surface area contributed by atoms with Crippen LogP contribution in [-0.2, 0) is 10.0 Å². The lowest BCUT2D eigenvalue weighted by molar-refractivity contribution is 0.0712. The zero-order valence-electron chi connectivity index (χ0n) is 9.97. The molecule has 17 heavy (non-hydrogen) atoms. The number of nitrogens with one attached hydrogen (secondary N) is 1. The quantitative estimate of drug-likeness (QED) is 0.850. The summed E-state index contributed by atoms with van der Waals surface area (Å²) in [7, 11) is -3.45. The minimum absolute atomic E-state index is 0.129. The Balaban J connectivity index is 2.19. The fourth-order valence-corrected chi connectivity index (χ4v) is 3.51. The van der Waals surface area contributed by atoms with Crippen LogP contribution in [0, 0.1) is 13.8 Å². The van der Waals surface area contributed by atoms with E-state index in [1.54, 1.807) is 12.1 Å². The first-order valence-corrected chi connectivity index (χ1v) is 7.14. The van der Waals surface area contributed by atoms with Crippen LogP contribution in [0.4, 0.5) is 0 Å². The van der Waals surface area contributed by atoms with Crippen molar-refractivity contribution in [3.8, 4) is 0 Å². The van der Waals surface area contributed by atoms with Crippen molar-refractivity contribution in [2.24, 2.45) is 0 Å². The van der Waals surface area contributed by atoms with Gasteiger partial charge in [0.15, 0.2) is 0 Å². The molecular formula is C12H17NO3S. The maximum absolute atomic E-state index is 12.1. The molecule has 0 unspecified atom stereocenters. The van der Waals surface area contributed by atoms with Crippen molar-refractivity contribution in [2.45, 2.75) is 43.7 Å². The molecule has 4 nitrogen and oxygen atoms in total. The lowest BCUT2D eigenvalue weighted by atomic mass is 9.91. The van der Waals surface area contributed by atoms with Crippen LogP contribution in [0.25, 0.3) is 0 Å². The van der Waals surface area contributed by atoms with Crippen molar-refractivity contribution in [3.05, 3.63) is 29.3 Å². The first-order chi connectivity index (χ1) is 7.87. The molecule has 0 amide bonds. The lowest BCUT2D eigenvalue weighted by Gasteiger charge is -2.31. The van der Waals surface area contributed by atoms with Crippen molar-refractivity contribution in [3.63, 3.8) is 0 Å². The van der Waals surface area contributed by atoms with Gasteiger partial charge in [0.1, 0.15) is 0 Å². The molecule has 0 heterocycles. The van der Waals surface area contributed by atoms with Gasteiger partial charge in [0.05, 0.1) is 11.0 Å². The number of rotatable bonds is 3. The van der Waals surface area contributed by atoms with E-state index in [-0.39, 0.29) is 12.1 Å². The zero-order valence-corrected chi connectivity index (χ0v) is 10.8. The Bertz CT molecular complexity index is 498. The highest BCUT2D eigenvalue weighted by atomic mass is 32.2. The second-order valence-electron chi connectivity index (χ2n) is 4.77. The summed E-state index contributed by atoms with van der Waals surface area (Å²) in [6.45, 7) is 3.75. The Morgan fingerprint density at radius 2 is 1.71 bits per heavy atom. The highest BCUT2D eigenvalue weighted by molar-refractivity contribution is 7.89. The summed E-state index contributed by atoms with van der Waals surface area (Å²) >= 11 is 0. The number of aliphatic hydroxyl groups excluding tert-OH is 1. The van der Waals surface area contributed by atoms with Crippen LogP contribution in [0.2, 0.25) is 0 Å². The van der Waals surface area contributed by atoms with E-state index in [0.717, 1.165) is 11.1 Å². The summed E-state index contributed by atoms with van der Waals surface area (Å²) in [6.07, 6.45) is 0.649. The number of hydrogen-bond donors (Lipinski definition) is 2. The molecular weight excluding hydrogens is 238 g/mol. The Kier molecular flexibility index (Phi) is 3.25. The van der Waals surface area contributed by atoms with Gasteiger partial charge in [-0.05, 0) is 49.9 Å². The predicted molar refractivity (Wildman–Crippen MR) is 65.3 cm³/mol. The van der Waals surface area contributed by atoms with Gasteiger partial charge < -0.3 is 5.11 Å². The standard InChI is InChI=1S/C12H17NO3S/c1-8-3-9(2)5-12(4-8)17(15,16)13-10-6-11(14)7-10/h3-5,10-11,13-14H,6-7H2,1-2H3. The monoisotopic (exact) mass is 255 g/mol. The van der Waals surface area contributed by atoms with E-state index in [0.29, 0.717) is 17.7 Å². The van der Waals surface area contributed by atoms with E-state index >= 15 is 0 Å². The second kappa shape index (κ2) is 4.40. The van der Waals surface area contributed by atoms with Gasteiger partial charge in [0, 0.05) is 6.04 Å². The van der Waals surface area contributed by atoms with Crippen molar-refractivity contribution in [1.82, 2.24) is 4.72 Å². The maximum atomic E-state index is 12.1. The molecule has 2 N–H and O–H groups in total. The molecule has 0 spiro atoms. The van der Waals surface area contributed by atoms with Crippen molar-refractivity contribution in [1.29, 1.82) is 0 Å². The second-order valence-corrected chi connectivity index (χ2v) is 6.48. The first kappa shape index (κ1) is 12.5. The van der Waals surface area contributed by atoms with E-state index in [4.69, 9.17) is 5.11 Å². The molecule has 0 atom stereocenters. The molecule has 0 aliphatic heterocycles. The zero-order chi connectivity index (χ0) is 12.6. The van der Waals surface area contributed by atoms with E-state index < -0.39 is 10.0 Å². The van der Waals surface area contributed by atoms with Gasteiger partial charge in [-0.2, -0.15) is 0 Å². The maximum Gasteiger partial charge on any atom is 0.240 e. The van der Waals surface area contributed by atoms with E-state index in [9.17, 15) is 8.42 Å². The summed E-state index contributed by atoms with van der Waals surface area (Å²) in [5.41, 5.74) is 1.86. The molecule has 1 aliphatic rings.